The van der Waals surface area contributed by atoms with Gasteiger partial charge in [0.05, 0.1) is 36.4 Å². The lowest BCUT2D eigenvalue weighted by Gasteiger charge is -2.26. The van der Waals surface area contributed by atoms with Crippen LogP contribution in [0.3, 0.4) is 0 Å². The molecule has 0 bridgehead atoms. The number of ketones is 1. The smallest absolute Gasteiger partial charge is 0.300 e. The maximum atomic E-state index is 15.0. The quantitative estimate of drug-likeness (QED) is 0.272. The largest absolute Gasteiger partial charge is 0.507 e. The Kier molecular flexibility index (Phi) is 6.50. The number of amides is 1. The van der Waals surface area contributed by atoms with E-state index in [1.807, 2.05) is 0 Å². The SMILES string of the molecule is COc1cccc(N2C(=O)C(=O)/C(=C(/O)c3cc(Cl)cc(Cl)c3OC)C2c2ccccc2F)c1. The lowest BCUT2D eigenvalue weighted by atomic mass is 9.94. The van der Waals surface area contributed by atoms with E-state index in [0.29, 0.717) is 5.75 Å². The Labute approximate surface area is 204 Å². The van der Waals surface area contributed by atoms with E-state index in [2.05, 4.69) is 0 Å². The molecule has 174 valence electrons. The standard InChI is InChI=1S/C25H18Cl2FNO5/c1-33-15-7-5-6-14(12-15)29-21(16-8-3-4-9-19(16)28)20(23(31)25(29)32)22(30)17-10-13(26)11-18(27)24(17)34-2/h3-12,21,30H,1-2H3/b22-20+. The van der Waals surface area contributed by atoms with E-state index in [9.17, 15) is 19.1 Å². The second-order valence-electron chi connectivity index (χ2n) is 7.36. The highest BCUT2D eigenvalue weighted by molar-refractivity contribution is 6.52. The van der Waals surface area contributed by atoms with Crippen molar-refractivity contribution in [2.75, 3.05) is 19.1 Å². The Morgan fingerprint density at radius 2 is 1.74 bits per heavy atom. The first-order chi connectivity index (χ1) is 16.3. The number of aliphatic hydroxyl groups is 1. The average Bonchev–Trinajstić information content (AvgIpc) is 3.08. The van der Waals surface area contributed by atoms with E-state index in [1.54, 1.807) is 24.3 Å². The monoisotopic (exact) mass is 501 g/mol. The lowest BCUT2D eigenvalue weighted by Crippen LogP contribution is -2.29. The minimum absolute atomic E-state index is 0.00928. The zero-order valence-corrected chi connectivity index (χ0v) is 19.5. The summed E-state index contributed by atoms with van der Waals surface area (Å²) < 4.78 is 25.5. The van der Waals surface area contributed by atoms with Gasteiger partial charge in [-0.05, 0) is 30.3 Å². The molecule has 3 aromatic rings. The third-order valence-corrected chi connectivity index (χ3v) is 5.94. The molecule has 1 saturated heterocycles. The van der Waals surface area contributed by atoms with Crippen LogP contribution in [0, 0.1) is 5.82 Å². The highest BCUT2D eigenvalue weighted by Crippen LogP contribution is 2.45. The van der Waals surface area contributed by atoms with Gasteiger partial charge in [0.1, 0.15) is 23.1 Å². The number of benzene rings is 3. The first-order valence-electron chi connectivity index (χ1n) is 10.0. The molecule has 0 spiro atoms. The topological polar surface area (TPSA) is 76.1 Å². The van der Waals surface area contributed by atoms with Crippen LogP contribution < -0.4 is 14.4 Å². The molecule has 1 heterocycles. The molecule has 1 amide bonds. The number of hydrogen-bond donors (Lipinski definition) is 1. The summed E-state index contributed by atoms with van der Waals surface area (Å²) in [7, 11) is 2.78. The third-order valence-electron chi connectivity index (χ3n) is 5.44. The molecule has 0 radical (unpaired) electrons. The molecule has 9 heteroatoms. The number of Topliss-reactive ketones (excluding diaryl/α,β-unsaturated/α-hetero) is 1. The Morgan fingerprint density at radius 3 is 2.41 bits per heavy atom. The molecule has 1 N–H and O–H groups in total. The van der Waals surface area contributed by atoms with Crippen molar-refractivity contribution in [3.63, 3.8) is 0 Å². The summed E-state index contributed by atoms with van der Waals surface area (Å²) in [6.45, 7) is 0. The van der Waals surface area contributed by atoms with Crippen LogP contribution in [0.5, 0.6) is 11.5 Å². The molecule has 0 aliphatic carbocycles. The van der Waals surface area contributed by atoms with Crippen LogP contribution in [-0.4, -0.2) is 31.0 Å². The van der Waals surface area contributed by atoms with Gasteiger partial charge >= 0.3 is 0 Å². The number of halogens is 3. The molecule has 1 unspecified atom stereocenters. The maximum absolute atomic E-state index is 15.0. The van der Waals surface area contributed by atoms with Gasteiger partial charge in [-0.25, -0.2) is 4.39 Å². The molecule has 0 saturated carbocycles. The van der Waals surface area contributed by atoms with Crippen LogP contribution in [0.2, 0.25) is 10.0 Å². The van der Waals surface area contributed by atoms with Crippen molar-refractivity contribution in [2.45, 2.75) is 6.04 Å². The first kappa shape index (κ1) is 23.6. The maximum Gasteiger partial charge on any atom is 0.300 e. The van der Waals surface area contributed by atoms with Gasteiger partial charge in [-0.1, -0.05) is 47.5 Å². The number of aliphatic hydroxyl groups excluding tert-OH is 1. The number of carbonyl (C=O) groups is 2. The van der Waals surface area contributed by atoms with Gasteiger partial charge in [-0.2, -0.15) is 0 Å². The zero-order valence-electron chi connectivity index (χ0n) is 18.0. The number of carbonyl (C=O) groups excluding carboxylic acids is 2. The molecule has 1 aliphatic heterocycles. The zero-order chi connectivity index (χ0) is 24.6. The Morgan fingerprint density at radius 1 is 1.00 bits per heavy atom. The van der Waals surface area contributed by atoms with Gasteiger partial charge in [0.2, 0.25) is 0 Å². The molecule has 3 aromatic carbocycles. The summed E-state index contributed by atoms with van der Waals surface area (Å²) >= 11 is 12.3. The molecular formula is C25H18Cl2FNO5. The molecule has 6 nitrogen and oxygen atoms in total. The summed E-state index contributed by atoms with van der Waals surface area (Å²) in [6, 6.07) is 13.6. The molecule has 1 fully saturated rings. The predicted molar refractivity (Wildman–Crippen MR) is 127 cm³/mol. The van der Waals surface area contributed by atoms with E-state index in [-0.39, 0.29) is 38.2 Å². The minimum atomic E-state index is -1.28. The minimum Gasteiger partial charge on any atom is -0.507 e. The average molecular weight is 502 g/mol. The van der Waals surface area contributed by atoms with Gasteiger partial charge < -0.3 is 14.6 Å². The van der Waals surface area contributed by atoms with Crippen LogP contribution >= 0.6 is 23.2 Å². The van der Waals surface area contributed by atoms with Gasteiger partial charge in [0, 0.05) is 22.3 Å². The Bertz CT molecular complexity index is 1340. The fraction of sp³-hybridized carbons (Fsp3) is 0.120. The van der Waals surface area contributed by atoms with E-state index >= 15 is 0 Å². The number of nitrogens with zero attached hydrogens (tertiary/aromatic N) is 1. The fourth-order valence-electron chi connectivity index (χ4n) is 3.94. The third kappa shape index (κ3) is 3.97. The normalized spacial score (nSPS) is 17.2. The van der Waals surface area contributed by atoms with Crippen LogP contribution in [0.4, 0.5) is 10.1 Å². The van der Waals surface area contributed by atoms with Crippen LogP contribution in [0.1, 0.15) is 17.2 Å². The highest BCUT2D eigenvalue weighted by atomic mass is 35.5. The van der Waals surface area contributed by atoms with E-state index < -0.39 is 29.3 Å². The predicted octanol–water partition coefficient (Wildman–Crippen LogP) is 5.78. The molecule has 1 aliphatic rings. The molecular weight excluding hydrogens is 484 g/mol. The summed E-state index contributed by atoms with van der Waals surface area (Å²) in [4.78, 5) is 27.6. The van der Waals surface area contributed by atoms with Crippen molar-refractivity contribution in [3.05, 3.63) is 93.2 Å². The van der Waals surface area contributed by atoms with E-state index in [4.69, 9.17) is 32.7 Å². The van der Waals surface area contributed by atoms with Gasteiger partial charge in [0.15, 0.2) is 0 Å². The van der Waals surface area contributed by atoms with Gasteiger partial charge in [-0.15, -0.1) is 0 Å². The van der Waals surface area contributed by atoms with Crippen molar-refractivity contribution in [3.8, 4) is 11.5 Å². The lowest BCUT2D eigenvalue weighted by molar-refractivity contribution is -0.132. The molecule has 1 atom stereocenters. The summed E-state index contributed by atoms with van der Waals surface area (Å²) in [5.41, 5.74) is -0.0532. The van der Waals surface area contributed by atoms with Crippen LogP contribution in [0.15, 0.2) is 66.2 Å². The summed E-state index contributed by atoms with van der Waals surface area (Å²) in [5.74, 6) is -2.75. The number of anilines is 1. The van der Waals surface area contributed by atoms with Crippen molar-refractivity contribution < 1.29 is 28.6 Å². The van der Waals surface area contributed by atoms with E-state index in [1.165, 1.54) is 50.6 Å². The fourth-order valence-corrected chi connectivity index (χ4v) is 4.51. The summed E-state index contributed by atoms with van der Waals surface area (Å²) in [5, 5.41) is 11.5. The van der Waals surface area contributed by atoms with Crippen molar-refractivity contribution in [2.24, 2.45) is 0 Å². The van der Waals surface area contributed by atoms with Gasteiger partial charge in [0.25, 0.3) is 11.7 Å². The first-order valence-corrected chi connectivity index (χ1v) is 10.8. The van der Waals surface area contributed by atoms with Gasteiger partial charge in [-0.3, -0.25) is 14.5 Å². The number of rotatable bonds is 5. The van der Waals surface area contributed by atoms with Crippen molar-refractivity contribution in [1.82, 2.24) is 0 Å². The highest BCUT2D eigenvalue weighted by Gasteiger charge is 2.48. The van der Waals surface area contributed by atoms with E-state index in [0.717, 1.165) is 4.90 Å². The number of ether oxygens (including phenoxy) is 2. The number of hydrogen-bond acceptors (Lipinski definition) is 5. The summed E-state index contributed by atoms with van der Waals surface area (Å²) in [6.07, 6.45) is 0. The Hall–Kier alpha value is -3.55. The van der Waals surface area contributed by atoms with Crippen LogP contribution in [0.25, 0.3) is 5.76 Å². The second kappa shape index (κ2) is 9.37. The molecule has 4 rings (SSSR count). The molecule has 34 heavy (non-hydrogen) atoms. The van der Waals surface area contributed by atoms with Crippen molar-refractivity contribution in [1.29, 1.82) is 0 Å². The Balaban J connectivity index is 2.03. The number of methoxy groups -OCH3 is 2. The molecule has 0 aromatic heterocycles. The van der Waals surface area contributed by atoms with Crippen LogP contribution in [-0.2, 0) is 9.59 Å². The van der Waals surface area contributed by atoms with Crippen molar-refractivity contribution >= 4 is 46.3 Å². The second-order valence-corrected chi connectivity index (χ2v) is 8.20.